The molecule has 0 saturated heterocycles. The number of nitrogen functional groups attached to an aromatic ring is 1. The molecule has 1 heterocycles. The van der Waals surface area contributed by atoms with Gasteiger partial charge in [-0.25, -0.2) is 0 Å². The first-order chi connectivity index (χ1) is 9.16. The maximum Gasteiger partial charge on any atom is 0.258 e. The van der Waals surface area contributed by atoms with Crippen LogP contribution in [0.15, 0.2) is 42.5 Å². The third-order valence-electron chi connectivity index (χ3n) is 3.57. The molecule has 2 aromatic rings. The molecule has 1 amide bonds. The Morgan fingerprint density at radius 1 is 1.16 bits per heavy atom. The van der Waals surface area contributed by atoms with Gasteiger partial charge in [-0.15, -0.1) is 0 Å². The second-order valence-corrected chi connectivity index (χ2v) is 4.93. The number of fused-ring (bicyclic) bond motifs is 1. The molecule has 0 unspecified atom stereocenters. The number of nitrogens with zero attached hydrogens (tertiary/aromatic N) is 1. The lowest BCUT2D eigenvalue weighted by Gasteiger charge is -2.29. The summed E-state index contributed by atoms with van der Waals surface area (Å²) in [7, 11) is 0. The minimum atomic E-state index is 0.0393. The van der Waals surface area contributed by atoms with Crippen molar-refractivity contribution in [2.75, 3.05) is 17.2 Å². The third kappa shape index (κ3) is 1.97. The first-order valence-electron chi connectivity index (χ1n) is 6.43. The fraction of sp³-hybridized carbons (Fsp3) is 0.188. The molecule has 3 rings (SSSR count). The summed E-state index contributed by atoms with van der Waals surface area (Å²) in [6.07, 6.45) is 0.870. The Labute approximate surface area is 112 Å². The SMILES string of the molecule is Cc1ccc(N2CCc3ccccc3C2=O)c(N)c1. The van der Waals surface area contributed by atoms with Crippen molar-refractivity contribution in [3.63, 3.8) is 0 Å². The van der Waals surface area contributed by atoms with E-state index in [1.807, 2.05) is 49.4 Å². The lowest BCUT2D eigenvalue weighted by atomic mass is 9.98. The fourth-order valence-corrected chi connectivity index (χ4v) is 2.58. The molecule has 0 spiro atoms. The van der Waals surface area contributed by atoms with Gasteiger partial charge in [0.2, 0.25) is 0 Å². The number of amides is 1. The fourth-order valence-electron chi connectivity index (χ4n) is 2.58. The summed E-state index contributed by atoms with van der Waals surface area (Å²) in [5.74, 6) is 0.0393. The number of aryl methyl sites for hydroxylation is 1. The third-order valence-corrected chi connectivity index (χ3v) is 3.57. The van der Waals surface area contributed by atoms with E-state index in [2.05, 4.69) is 0 Å². The Morgan fingerprint density at radius 3 is 2.74 bits per heavy atom. The highest BCUT2D eigenvalue weighted by Gasteiger charge is 2.25. The largest absolute Gasteiger partial charge is 0.397 e. The van der Waals surface area contributed by atoms with Crippen LogP contribution in [0.2, 0.25) is 0 Å². The van der Waals surface area contributed by atoms with Crippen LogP contribution in [0.25, 0.3) is 0 Å². The van der Waals surface area contributed by atoms with Gasteiger partial charge in [-0.2, -0.15) is 0 Å². The van der Waals surface area contributed by atoms with Gasteiger partial charge < -0.3 is 10.6 Å². The van der Waals surface area contributed by atoms with Gasteiger partial charge in [0, 0.05) is 12.1 Å². The molecular formula is C16H16N2O. The Kier molecular flexibility index (Phi) is 2.75. The van der Waals surface area contributed by atoms with E-state index in [4.69, 9.17) is 5.73 Å². The summed E-state index contributed by atoms with van der Waals surface area (Å²) >= 11 is 0. The summed E-state index contributed by atoms with van der Waals surface area (Å²) in [5, 5.41) is 0. The first-order valence-corrected chi connectivity index (χ1v) is 6.43. The van der Waals surface area contributed by atoms with E-state index in [1.54, 1.807) is 4.90 Å². The molecule has 0 bridgehead atoms. The first kappa shape index (κ1) is 11.8. The van der Waals surface area contributed by atoms with Crippen LogP contribution in [-0.4, -0.2) is 12.5 Å². The molecule has 0 radical (unpaired) electrons. The quantitative estimate of drug-likeness (QED) is 0.793. The zero-order valence-corrected chi connectivity index (χ0v) is 10.9. The molecule has 0 saturated carbocycles. The molecule has 0 aromatic heterocycles. The normalized spacial score (nSPS) is 14.4. The number of anilines is 2. The maximum absolute atomic E-state index is 12.5. The molecule has 96 valence electrons. The monoisotopic (exact) mass is 252 g/mol. The average Bonchev–Trinajstić information content (AvgIpc) is 2.41. The van der Waals surface area contributed by atoms with Crippen molar-refractivity contribution in [1.82, 2.24) is 0 Å². The van der Waals surface area contributed by atoms with Crippen molar-refractivity contribution >= 4 is 17.3 Å². The molecule has 19 heavy (non-hydrogen) atoms. The highest BCUT2D eigenvalue weighted by atomic mass is 16.2. The van der Waals surface area contributed by atoms with Gasteiger partial charge in [-0.1, -0.05) is 24.3 Å². The van der Waals surface area contributed by atoms with Gasteiger partial charge in [0.1, 0.15) is 0 Å². The van der Waals surface area contributed by atoms with Crippen molar-refractivity contribution in [3.05, 3.63) is 59.2 Å². The lowest BCUT2D eigenvalue weighted by Crippen LogP contribution is -2.38. The second kappa shape index (κ2) is 4.43. The predicted molar refractivity (Wildman–Crippen MR) is 77.4 cm³/mol. The van der Waals surface area contributed by atoms with Gasteiger partial charge in [0.25, 0.3) is 5.91 Å². The summed E-state index contributed by atoms with van der Waals surface area (Å²) in [6, 6.07) is 13.6. The van der Waals surface area contributed by atoms with E-state index in [1.165, 1.54) is 0 Å². The van der Waals surface area contributed by atoms with Gasteiger partial charge >= 0.3 is 0 Å². The Balaban J connectivity index is 2.02. The average molecular weight is 252 g/mol. The molecule has 0 fully saturated rings. The van der Waals surface area contributed by atoms with Gasteiger partial charge in [0.15, 0.2) is 0 Å². The minimum absolute atomic E-state index is 0.0393. The zero-order chi connectivity index (χ0) is 13.4. The number of benzene rings is 2. The number of hydrogen-bond acceptors (Lipinski definition) is 2. The predicted octanol–water partition coefficient (Wildman–Crippen LogP) is 2.78. The molecule has 0 aliphatic carbocycles. The lowest BCUT2D eigenvalue weighted by molar-refractivity contribution is 0.0981. The smallest absolute Gasteiger partial charge is 0.258 e. The molecule has 1 aliphatic heterocycles. The van der Waals surface area contributed by atoms with Gasteiger partial charge in [-0.3, -0.25) is 4.79 Å². The van der Waals surface area contributed by atoms with Crippen LogP contribution >= 0.6 is 0 Å². The van der Waals surface area contributed by atoms with Crippen LogP contribution in [0.4, 0.5) is 11.4 Å². The molecule has 0 atom stereocenters. The standard InChI is InChI=1S/C16H16N2O/c1-11-6-7-15(14(17)10-11)18-9-8-12-4-2-3-5-13(12)16(18)19/h2-7,10H,8-9,17H2,1H3. The van der Waals surface area contributed by atoms with Gasteiger partial charge in [0.05, 0.1) is 11.4 Å². The maximum atomic E-state index is 12.5. The van der Waals surface area contributed by atoms with Crippen LogP contribution < -0.4 is 10.6 Å². The highest BCUT2D eigenvalue weighted by Crippen LogP contribution is 2.29. The number of hydrogen-bond donors (Lipinski definition) is 1. The van der Waals surface area contributed by atoms with E-state index < -0.39 is 0 Å². The van der Waals surface area contributed by atoms with Gasteiger partial charge in [-0.05, 0) is 42.7 Å². The Morgan fingerprint density at radius 2 is 1.95 bits per heavy atom. The molecular weight excluding hydrogens is 236 g/mol. The summed E-state index contributed by atoms with van der Waals surface area (Å²) in [6.45, 7) is 2.68. The van der Waals surface area contributed by atoms with E-state index in [-0.39, 0.29) is 5.91 Å². The van der Waals surface area contributed by atoms with Crippen LogP contribution in [0.3, 0.4) is 0 Å². The number of carbonyl (C=O) groups excluding carboxylic acids is 1. The summed E-state index contributed by atoms with van der Waals surface area (Å²) in [5.41, 5.74) is 10.5. The highest BCUT2D eigenvalue weighted by molar-refractivity contribution is 6.09. The van der Waals surface area contributed by atoms with Crippen molar-refractivity contribution in [2.45, 2.75) is 13.3 Å². The molecule has 3 nitrogen and oxygen atoms in total. The summed E-state index contributed by atoms with van der Waals surface area (Å²) in [4.78, 5) is 14.3. The van der Waals surface area contributed by atoms with Crippen molar-refractivity contribution in [1.29, 1.82) is 0 Å². The van der Waals surface area contributed by atoms with Crippen molar-refractivity contribution < 1.29 is 4.79 Å². The molecule has 2 N–H and O–H groups in total. The van der Waals surface area contributed by atoms with E-state index >= 15 is 0 Å². The van der Waals surface area contributed by atoms with Crippen molar-refractivity contribution in [3.8, 4) is 0 Å². The number of rotatable bonds is 1. The van der Waals surface area contributed by atoms with Crippen LogP contribution in [0.5, 0.6) is 0 Å². The van der Waals surface area contributed by atoms with E-state index in [0.29, 0.717) is 12.2 Å². The molecule has 1 aliphatic rings. The van der Waals surface area contributed by atoms with Crippen LogP contribution in [0, 0.1) is 6.92 Å². The van der Waals surface area contributed by atoms with Crippen LogP contribution in [0.1, 0.15) is 21.5 Å². The second-order valence-electron chi connectivity index (χ2n) is 4.93. The van der Waals surface area contributed by atoms with E-state index in [9.17, 15) is 4.79 Å². The topological polar surface area (TPSA) is 46.3 Å². The zero-order valence-electron chi connectivity index (χ0n) is 10.9. The van der Waals surface area contributed by atoms with Crippen molar-refractivity contribution in [2.24, 2.45) is 0 Å². The molecule has 2 aromatic carbocycles. The summed E-state index contributed by atoms with van der Waals surface area (Å²) < 4.78 is 0. The van der Waals surface area contributed by atoms with Crippen LogP contribution in [-0.2, 0) is 6.42 Å². The number of carbonyl (C=O) groups is 1. The number of nitrogens with two attached hydrogens (primary N) is 1. The minimum Gasteiger partial charge on any atom is -0.397 e. The Bertz CT molecular complexity index is 649. The molecule has 3 heteroatoms. The Hall–Kier alpha value is -2.29. The van der Waals surface area contributed by atoms with E-state index in [0.717, 1.165) is 28.8 Å².